The Morgan fingerprint density at radius 2 is 2.00 bits per heavy atom. The SMILES string of the molecule is N#CC[C@]1(n2cc(C(N)=O)c(Nc3ccccc3)n2)CC=C(C(=O)NCC(F)(F)F)CC1. The van der Waals surface area contributed by atoms with Crippen LogP contribution < -0.4 is 16.4 Å². The minimum Gasteiger partial charge on any atom is -0.365 e. The first-order chi connectivity index (χ1) is 15.1. The minimum atomic E-state index is -4.50. The fourth-order valence-corrected chi connectivity index (χ4v) is 3.53. The van der Waals surface area contributed by atoms with E-state index in [1.807, 2.05) is 11.4 Å². The number of nitriles is 1. The molecule has 0 saturated carbocycles. The molecule has 2 amide bonds. The maximum absolute atomic E-state index is 12.4. The molecule has 1 aromatic heterocycles. The Hall–Kier alpha value is -3.81. The maximum Gasteiger partial charge on any atom is 0.405 e. The third-order valence-electron chi connectivity index (χ3n) is 5.24. The Balaban J connectivity index is 1.86. The second-order valence-corrected chi connectivity index (χ2v) is 7.48. The molecule has 1 aromatic carbocycles. The number of benzene rings is 1. The van der Waals surface area contributed by atoms with Gasteiger partial charge in [0.05, 0.1) is 18.0 Å². The highest BCUT2D eigenvalue weighted by molar-refractivity contribution is 5.98. The summed E-state index contributed by atoms with van der Waals surface area (Å²) in [6.45, 7) is -1.41. The van der Waals surface area contributed by atoms with E-state index in [0.29, 0.717) is 5.69 Å². The number of nitrogens with zero attached hydrogens (tertiary/aromatic N) is 3. The smallest absolute Gasteiger partial charge is 0.365 e. The Morgan fingerprint density at radius 1 is 1.28 bits per heavy atom. The molecule has 1 heterocycles. The van der Waals surface area contributed by atoms with Gasteiger partial charge in [-0.15, -0.1) is 0 Å². The number of aromatic nitrogens is 2. The van der Waals surface area contributed by atoms with Crippen LogP contribution in [0.5, 0.6) is 0 Å². The van der Waals surface area contributed by atoms with Gasteiger partial charge in [0.1, 0.15) is 12.1 Å². The van der Waals surface area contributed by atoms with Gasteiger partial charge >= 0.3 is 6.18 Å². The van der Waals surface area contributed by atoms with Crippen molar-refractivity contribution in [3.8, 4) is 6.07 Å². The van der Waals surface area contributed by atoms with Crippen LogP contribution in [0.15, 0.2) is 48.2 Å². The van der Waals surface area contributed by atoms with Gasteiger partial charge in [0, 0.05) is 17.5 Å². The quantitative estimate of drug-likeness (QED) is 0.603. The molecule has 0 fully saturated rings. The average molecular weight is 446 g/mol. The van der Waals surface area contributed by atoms with E-state index in [0.717, 1.165) is 0 Å². The van der Waals surface area contributed by atoms with Crippen molar-refractivity contribution in [2.45, 2.75) is 37.4 Å². The molecule has 0 bridgehead atoms. The number of halogens is 3. The van der Waals surface area contributed by atoms with Crippen LogP contribution >= 0.6 is 0 Å². The van der Waals surface area contributed by atoms with Gasteiger partial charge in [0.2, 0.25) is 5.91 Å². The summed E-state index contributed by atoms with van der Waals surface area (Å²) in [7, 11) is 0. The fourth-order valence-electron chi connectivity index (χ4n) is 3.53. The number of nitrogens with two attached hydrogens (primary N) is 1. The molecule has 0 spiro atoms. The van der Waals surface area contributed by atoms with E-state index in [1.165, 1.54) is 17.0 Å². The topological polar surface area (TPSA) is 126 Å². The van der Waals surface area contributed by atoms with Crippen LogP contribution in [-0.2, 0) is 10.3 Å². The van der Waals surface area contributed by atoms with Gasteiger partial charge in [-0.05, 0) is 31.4 Å². The third-order valence-corrected chi connectivity index (χ3v) is 5.24. The van der Waals surface area contributed by atoms with Gasteiger partial charge in [-0.1, -0.05) is 24.3 Å². The van der Waals surface area contributed by atoms with E-state index >= 15 is 0 Å². The number of carbonyl (C=O) groups is 2. The zero-order valence-corrected chi connectivity index (χ0v) is 16.9. The van der Waals surface area contributed by atoms with Crippen LogP contribution in [0.25, 0.3) is 0 Å². The van der Waals surface area contributed by atoms with E-state index in [-0.39, 0.29) is 42.6 Å². The molecule has 32 heavy (non-hydrogen) atoms. The minimum absolute atomic E-state index is 0.0195. The maximum atomic E-state index is 12.4. The van der Waals surface area contributed by atoms with Gasteiger partial charge in [-0.2, -0.15) is 23.5 Å². The summed E-state index contributed by atoms with van der Waals surface area (Å²) >= 11 is 0. The predicted octanol–water partition coefficient (Wildman–Crippen LogP) is 3.12. The van der Waals surface area contributed by atoms with Crippen molar-refractivity contribution in [1.82, 2.24) is 15.1 Å². The fraction of sp³-hybridized carbons (Fsp3) is 0.333. The van der Waals surface area contributed by atoms with Crippen LogP contribution in [0.2, 0.25) is 0 Å². The number of anilines is 2. The molecule has 168 valence electrons. The van der Waals surface area contributed by atoms with Crippen molar-refractivity contribution in [1.29, 1.82) is 5.26 Å². The van der Waals surface area contributed by atoms with E-state index in [2.05, 4.69) is 16.5 Å². The highest BCUT2D eigenvalue weighted by atomic mass is 19.4. The number of hydrogen-bond acceptors (Lipinski definition) is 5. The number of alkyl halides is 3. The molecule has 3 rings (SSSR count). The average Bonchev–Trinajstić information content (AvgIpc) is 3.18. The van der Waals surface area contributed by atoms with Crippen LogP contribution in [0.1, 0.15) is 36.0 Å². The molecule has 2 aromatic rings. The van der Waals surface area contributed by atoms with Crippen LogP contribution in [-0.4, -0.2) is 34.3 Å². The zero-order chi connectivity index (χ0) is 23.4. The summed E-state index contributed by atoms with van der Waals surface area (Å²) in [5.41, 5.74) is 5.66. The largest absolute Gasteiger partial charge is 0.405 e. The van der Waals surface area contributed by atoms with Crippen LogP contribution in [0.4, 0.5) is 24.7 Å². The number of allylic oxidation sites excluding steroid dienone is 1. The van der Waals surface area contributed by atoms with E-state index in [1.54, 1.807) is 24.3 Å². The number of rotatable bonds is 7. The molecular formula is C21H21F3N6O2. The molecule has 0 unspecified atom stereocenters. The Morgan fingerprint density at radius 3 is 2.56 bits per heavy atom. The van der Waals surface area contributed by atoms with Crippen molar-refractivity contribution >= 4 is 23.3 Å². The number of amides is 2. The monoisotopic (exact) mass is 446 g/mol. The molecule has 1 aliphatic carbocycles. The first kappa shape index (κ1) is 22.9. The van der Waals surface area contributed by atoms with Gasteiger partial charge in [-0.25, -0.2) is 0 Å². The molecular weight excluding hydrogens is 425 g/mol. The molecule has 0 aliphatic heterocycles. The normalized spacial score (nSPS) is 18.4. The summed E-state index contributed by atoms with van der Waals surface area (Å²) in [5.74, 6) is -1.28. The lowest BCUT2D eigenvalue weighted by molar-refractivity contribution is -0.136. The molecule has 0 saturated heterocycles. The third kappa shape index (κ3) is 5.26. The van der Waals surface area contributed by atoms with E-state index in [4.69, 9.17) is 5.73 Å². The molecule has 4 N–H and O–H groups in total. The Bertz CT molecular complexity index is 1070. The highest BCUT2D eigenvalue weighted by Crippen LogP contribution is 2.38. The Labute approximate surface area is 181 Å². The molecule has 0 radical (unpaired) electrons. The highest BCUT2D eigenvalue weighted by Gasteiger charge is 2.37. The lowest BCUT2D eigenvalue weighted by Crippen LogP contribution is -2.39. The van der Waals surface area contributed by atoms with Crippen molar-refractivity contribution < 1.29 is 22.8 Å². The molecule has 1 atom stereocenters. The summed E-state index contributed by atoms with van der Waals surface area (Å²) in [5, 5.41) is 18.7. The van der Waals surface area contributed by atoms with Gasteiger partial charge < -0.3 is 16.4 Å². The number of carbonyl (C=O) groups excluding carboxylic acids is 2. The first-order valence-corrected chi connectivity index (χ1v) is 9.76. The van der Waals surface area contributed by atoms with Crippen LogP contribution in [0.3, 0.4) is 0 Å². The van der Waals surface area contributed by atoms with E-state index in [9.17, 15) is 28.0 Å². The second kappa shape index (κ2) is 9.13. The second-order valence-electron chi connectivity index (χ2n) is 7.48. The summed E-state index contributed by atoms with van der Waals surface area (Å²) in [4.78, 5) is 24.0. The van der Waals surface area contributed by atoms with Crippen LogP contribution in [0, 0.1) is 11.3 Å². The number of hydrogen-bond donors (Lipinski definition) is 3. The predicted molar refractivity (Wildman–Crippen MR) is 110 cm³/mol. The van der Waals surface area contributed by atoms with Gasteiger partial charge in [-0.3, -0.25) is 14.3 Å². The standard InChI is InChI=1S/C21H21F3N6O2/c22-21(23,24)13-27-19(32)14-6-8-20(9-7-14,10-11-25)30-12-16(17(26)31)18(29-30)28-15-4-2-1-3-5-15/h1-6,12H,7-10,13H2,(H2,26,31)(H,27,32)(H,28,29)/t20-/m0/s1. The summed E-state index contributed by atoms with van der Waals surface area (Å²) in [6.07, 6.45) is -0.908. The summed E-state index contributed by atoms with van der Waals surface area (Å²) in [6, 6.07) is 11.1. The zero-order valence-electron chi connectivity index (χ0n) is 16.9. The molecule has 8 nitrogen and oxygen atoms in total. The van der Waals surface area contributed by atoms with Crippen molar-refractivity contribution in [3.63, 3.8) is 0 Å². The summed E-state index contributed by atoms with van der Waals surface area (Å²) < 4.78 is 38.6. The number of nitrogens with one attached hydrogen (secondary N) is 2. The van der Waals surface area contributed by atoms with Crippen molar-refractivity contribution in [3.05, 3.63) is 53.7 Å². The lowest BCUT2D eigenvalue weighted by Gasteiger charge is -2.34. The lowest BCUT2D eigenvalue weighted by atomic mass is 9.80. The van der Waals surface area contributed by atoms with E-state index < -0.39 is 30.1 Å². The van der Waals surface area contributed by atoms with Crippen molar-refractivity contribution in [2.24, 2.45) is 5.73 Å². The van der Waals surface area contributed by atoms with Gasteiger partial charge in [0.25, 0.3) is 5.91 Å². The number of para-hydroxylation sites is 1. The van der Waals surface area contributed by atoms with Gasteiger partial charge in [0.15, 0.2) is 5.82 Å². The van der Waals surface area contributed by atoms with Crippen molar-refractivity contribution in [2.75, 3.05) is 11.9 Å². The Kier molecular flexibility index (Phi) is 6.53. The first-order valence-electron chi connectivity index (χ1n) is 9.76. The molecule has 1 aliphatic rings. The number of primary amides is 1. The molecule has 11 heteroatoms.